The molecule has 1 aliphatic heterocycles. The molecule has 1 rings (SSSR count). The quantitative estimate of drug-likeness (QED) is 0.585. The zero-order valence-corrected chi connectivity index (χ0v) is 5.89. The molecule has 1 heterocycles. The fourth-order valence-electron chi connectivity index (χ4n) is 0.956. The van der Waals surface area contributed by atoms with E-state index in [4.69, 9.17) is 4.74 Å². The summed E-state index contributed by atoms with van der Waals surface area (Å²) in [6, 6.07) is 0. The molecule has 1 saturated heterocycles. The van der Waals surface area contributed by atoms with Gasteiger partial charge in [0.1, 0.15) is 6.61 Å². The molecule has 0 aliphatic carbocycles. The normalized spacial score (nSPS) is 21.6. The fraction of sp³-hybridized carbons (Fsp3) is 1.00. The van der Waals surface area contributed by atoms with Crippen LogP contribution in [0.2, 0.25) is 0 Å². The van der Waals surface area contributed by atoms with Gasteiger partial charge in [-0.15, -0.1) is 0 Å². The highest BCUT2D eigenvalue weighted by atomic mass is 19.3. The van der Waals surface area contributed by atoms with Crippen LogP contribution in [0, 0.1) is 0 Å². The first-order valence-electron chi connectivity index (χ1n) is 3.27. The minimum Gasteiger partial charge on any atom is -0.370 e. The van der Waals surface area contributed by atoms with E-state index in [1.165, 1.54) is 0 Å². The Balaban J connectivity index is 1.95. The molecule has 0 N–H and O–H groups in total. The van der Waals surface area contributed by atoms with Crippen LogP contribution < -0.4 is 0 Å². The summed E-state index contributed by atoms with van der Waals surface area (Å²) < 4.78 is 27.8. The van der Waals surface area contributed by atoms with Crippen molar-refractivity contribution in [1.29, 1.82) is 0 Å². The number of likely N-dealkylation sites (N-methyl/N-ethyl adjacent to an activating group) is 1. The van der Waals surface area contributed by atoms with Crippen molar-refractivity contribution < 1.29 is 13.5 Å². The summed E-state index contributed by atoms with van der Waals surface area (Å²) in [5.74, 6) is 0. The Labute approximate surface area is 58.8 Å². The molecule has 0 saturated carbocycles. The Morgan fingerprint density at radius 2 is 2.20 bits per heavy atom. The molecule has 0 unspecified atom stereocenters. The number of rotatable bonds is 3. The van der Waals surface area contributed by atoms with Gasteiger partial charge in [-0.05, 0) is 7.05 Å². The van der Waals surface area contributed by atoms with Gasteiger partial charge in [0.15, 0.2) is 0 Å². The second kappa shape index (κ2) is 3.25. The molecule has 0 aromatic rings. The molecule has 0 bridgehead atoms. The smallest absolute Gasteiger partial charge is 0.261 e. The Kier molecular flexibility index (Phi) is 2.56. The van der Waals surface area contributed by atoms with Crippen LogP contribution in [0.25, 0.3) is 0 Å². The summed E-state index contributed by atoms with van der Waals surface area (Å²) >= 11 is 0. The van der Waals surface area contributed by atoms with Gasteiger partial charge < -0.3 is 9.64 Å². The van der Waals surface area contributed by atoms with Crippen molar-refractivity contribution in [2.45, 2.75) is 12.5 Å². The first-order chi connectivity index (χ1) is 4.68. The van der Waals surface area contributed by atoms with Crippen LogP contribution >= 0.6 is 0 Å². The number of nitrogens with zero attached hydrogens (tertiary/aromatic N) is 1. The Morgan fingerprint density at radius 3 is 2.60 bits per heavy atom. The van der Waals surface area contributed by atoms with E-state index in [0.717, 1.165) is 13.1 Å². The van der Waals surface area contributed by atoms with Gasteiger partial charge in [0.25, 0.3) is 6.43 Å². The molecule has 2 nitrogen and oxygen atoms in total. The highest BCUT2D eigenvalue weighted by molar-refractivity contribution is 4.77. The number of hydrogen-bond donors (Lipinski definition) is 0. The molecule has 0 aromatic heterocycles. The zero-order valence-electron chi connectivity index (χ0n) is 5.89. The van der Waals surface area contributed by atoms with Crippen molar-refractivity contribution in [2.24, 2.45) is 0 Å². The predicted molar refractivity (Wildman–Crippen MR) is 33.2 cm³/mol. The summed E-state index contributed by atoms with van der Waals surface area (Å²) in [4.78, 5) is 2.02. The minimum atomic E-state index is -2.33. The van der Waals surface area contributed by atoms with Crippen LogP contribution in [0.3, 0.4) is 0 Å². The lowest BCUT2D eigenvalue weighted by atomic mass is 10.2. The van der Waals surface area contributed by atoms with Crippen molar-refractivity contribution in [1.82, 2.24) is 4.90 Å². The lowest BCUT2D eigenvalue weighted by molar-refractivity contribution is -0.0805. The summed E-state index contributed by atoms with van der Waals surface area (Å²) in [5, 5.41) is 0. The topological polar surface area (TPSA) is 12.5 Å². The maximum absolute atomic E-state index is 11.5. The van der Waals surface area contributed by atoms with E-state index >= 15 is 0 Å². The van der Waals surface area contributed by atoms with Gasteiger partial charge in [-0.3, -0.25) is 0 Å². The Bertz CT molecular complexity index is 104. The number of ether oxygens (including phenoxy) is 1. The van der Waals surface area contributed by atoms with Crippen LogP contribution in [0.4, 0.5) is 8.78 Å². The second-order valence-electron chi connectivity index (χ2n) is 2.57. The molecule has 1 aliphatic rings. The standard InChI is InChI=1S/C6H11F2NO/c1-9-2-5(3-9)10-4-6(7)8/h5-6H,2-4H2,1H3. The van der Waals surface area contributed by atoms with Crippen molar-refractivity contribution in [3.05, 3.63) is 0 Å². The van der Waals surface area contributed by atoms with E-state index < -0.39 is 13.0 Å². The van der Waals surface area contributed by atoms with Gasteiger partial charge in [0, 0.05) is 13.1 Å². The average molecular weight is 151 g/mol. The molecular formula is C6H11F2NO. The van der Waals surface area contributed by atoms with Crippen molar-refractivity contribution in [2.75, 3.05) is 26.7 Å². The number of likely N-dealkylation sites (tertiary alicyclic amines) is 1. The van der Waals surface area contributed by atoms with E-state index in [9.17, 15) is 8.78 Å². The molecule has 60 valence electrons. The molecule has 0 atom stereocenters. The number of halogens is 2. The predicted octanol–water partition coefficient (Wildman–Crippen LogP) is 0.582. The summed E-state index contributed by atoms with van der Waals surface area (Å²) in [7, 11) is 1.93. The van der Waals surface area contributed by atoms with Gasteiger partial charge >= 0.3 is 0 Å². The van der Waals surface area contributed by atoms with E-state index in [2.05, 4.69) is 0 Å². The van der Waals surface area contributed by atoms with Gasteiger partial charge in [-0.25, -0.2) is 8.78 Å². The fourth-order valence-corrected chi connectivity index (χ4v) is 0.956. The van der Waals surface area contributed by atoms with Crippen molar-refractivity contribution in [3.63, 3.8) is 0 Å². The zero-order chi connectivity index (χ0) is 7.56. The molecule has 0 aromatic carbocycles. The number of alkyl halides is 2. The molecule has 4 heteroatoms. The highest BCUT2D eigenvalue weighted by Crippen LogP contribution is 2.09. The minimum absolute atomic E-state index is 0.0407. The number of hydrogen-bond acceptors (Lipinski definition) is 2. The van der Waals surface area contributed by atoms with E-state index in [-0.39, 0.29) is 6.10 Å². The van der Waals surface area contributed by atoms with Crippen molar-refractivity contribution in [3.8, 4) is 0 Å². The second-order valence-corrected chi connectivity index (χ2v) is 2.57. The lowest BCUT2D eigenvalue weighted by Gasteiger charge is -2.35. The third-order valence-corrected chi connectivity index (χ3v) is 1.49. The van der Waals surface area contributed by atoms with Crippen LogP contribution in [0.15, 0.2) is 0 Å². The molecule has 10 heavy (non-hydrogen) atoms. The molecular weight excluding hydrogens is 140 g/mol. The van der Waals surface area contributed by atoms with Crippen LogP contribution in [0.5, 0.6) is 0 Å². The SMILES string of the molecule is CN1CC(OCC(F)F)C1. The first-order valence-corrected chi connectivity index (χ1v) is 3.27. The van der Waals surface area contributed by atoms with Crippen LogP contribution in [-0.2, 0) is 4.74 Å². The van der Waals surface area contributed by atoms with Gasteiger partial charge in [-0.2, -0.15) is 0 Å². The molecule has 1 fully saturated rings. The Morgan fingerprint density at radius 1 is 1.60 bits per heavy atom. The summed E-state index contributed by atoms with van der Waals surface area (Å²) in [5.41, 5.74) is 0. The summed E-state index contributed by atoms with van der Waals surface area (Å²) in [6.07, 6.45) is -2.29. The first kappa shape index (κ1) is 7.88. The maximum Gasteiger partial charge on any atom is 0.261 e. The third kappa shape index (κ3) is 2.19. The molecule has 0 amide bonds. The average Bonchev–Trinajstić information content (AvgIpc) is 1.77. The largest absolute Gasteiger partial charge is 0.370 e. The van der Waals surface area contributed by atoms with E-state index in [1.54, 1.807) is 0 Å². The van der Waals surface area contributed by atoms with Crippen LogP contribution in [-0.4, -0.2) is 44.2 Å². The van der Waals surface area contributed by atoms with Gasteiger partial charge in [0.05, 0.1) is 6.10 Å². The molecule has 0 spiro atoms. The van der Waals surface area contributed by atoms with Gasteiger partial charge in [-0.1, -0.05) is 0 Å². The monoisotopic (exact) mass is 151 g/mol. The molecule has 0 radical (unpaired) electrons. The highest BCUT2D eigenvalue weighted by Gasteiger charge is 2.24. The van der Waals surface area contributed by atoms with Gasteiger partial charge in [0.2, 0.25) is 0 Å². The van der Waals surface area contributed by atoms with E-state index in [0.29, 0.717) is 0 Å². The third-order valence-electron chi connectivity index (χ3n) is 1.49. The Hall–Kier alpha value is -0.220. The summed E-state index contributed by atoms with van der Waals surface area (Å²) in [6.45, 7) is 1.15. The maximum atomic E-state index is 11.5. The lowest BCUT2D eigenvalue weighted by Crippen LogP contribution is -2.50. The van der Waals surface area contributed by atoms with Crippen molar-refractivity contribution >= 4 is 0 Å². The van der Waals surface area contributed by atoms with E-state index in [1.807, 2.05) is 11.9 Å². The van der Waals surface area contributed by atoms with Crippen LogP contribution in [0.1, 0.15) is 0 Å².